The van der Waals surface area contributed by atoms with Crippen LogP contribution in [-0.2, 0) is 21.4 Å². The molecule has 8 nitrogen and oxygen atoms in total. The summed E-state index contributed by atoms with van der Waals surface area (Å²) < 4.78 is 36.5. The van der Waals surface area contributed by atoms with Gasteiger partial charge in [-0.15, -0.1) is 0 Å². The van der Waals surface area contributed by atoms with E-state index in [2.05, 4.69) is 10.5 Å². The molecule has 0 unspecified atom stereocenters. The van der Waals surface area contributed by atoms with Crippen molar-refractivity contribution in [3.8, 4) is 11.5 Å². The zero-order valence-corrected chi connectivity index (χ0v) is 18.9. The van der Waals surface area contributed by atoms with Crippen LogP contribution in [0.5, 0.6) is 11.5 Å². The minimum absolute atomic E-state index is 0.105. The van der Waals surface area contributed by atoms with Gasteiger partial charge in [0.15, 0.2) is 11.5 Å². The van der Waals surface area contributed by atoms with Gasteiger partial charge < -0.3 is 9.47 Å². The average Bonchev–Trinajstić information content (AvgIpc) is 2.73. The number of rotatable bonds is 12. The number of carbonyl (C=O) groups excluding carboxylic acids is 1. The molecule has 1 amide bonds. The van der Waals surface area contributed by atoms with Gasteiger partial charge in [0.25, 0.3) is 5.91 Å². The van der Waals surface area contributed by atoms with Crippen molar-refractivity contribution in [2.75, 3.05) is 26.0 Å². The summed E-state index contributed by atoms with van der Waals surface area (Å²) in [7, 11) is -3.57. The monoisotopic (exact) mass is 447 g/mol. The maximum atomic E-state index is 12.2. The third kappa shape index (κ3) is 8.39. The summed E-state index contributed by atoms with van der Waals surface area (Å²) in [5, 5.41) is 3.93. The fourth-order valence-corrected chi connectivity index (χ4v) is 3.39. The minimum atomic E-state index is -3.57. The molecule has 9 heteroatoms. The van der Waals surface area contributed by atoms with Crippen LogP contribution in [0.3, 0.4) is 0 Å². The van der Waals surface area contributed by atoms with Crippen LogP contribution < -0.4 is 14.9 Å². The molecule has 0 atom stereocenters. The molecule has 31 heavy (non-hydrogen) atoms. The number of sulfonamides is 1. The molecule has 0 saturated heterocycles. The second-order valence-electron chi connectivity index (χ2n) is 6.80. The number of hydrogen-bond acceptors (Lipinski definition) is 6. The van der Waals surface area contributed by atoms with E-state index in [1.807, 2.05) is 32.0 Å². The first-order chi connectivity index (χ1) is 14.8. The Balaban J connectivity index is 2.00. The number of amides is 1. The van der Waals surface area contributed by atoms with Crippen molar-refractivity contribution in [3.05, 3.63) is 59.7 Å². The van der Waals surface area contributed by atoms with Gasteiger partial charge in [-0.25, -0.2) is 13.8 Å². The second-order valence-corrected chi connectivity index (χ2v) is 8.78. The molecule has 0 fully saturated rings. The molecule has 0 aliphatic heterocycles. The average molecular weight is 448 g/mol. The number of hydrogen-bond donors (Lipinski definition) is 1. The summed E-state index contributed by atoms with van der Waals surface area (Å²) in [6.07, 6.45) is 3.42. The summed E-state index contributed by atoms with van der Waals surface area (Å²) in [4.78, 5) is 12.2. The Kier molecular flexibility index (Phi) is 9.48. The molecule has 2 rings (SSSR count). The first kappa shape index (κ1) is 24.4. The molecule has 0 aliphatic carbocycles. The lowest BCUT2D eigenvalue weighted by molar-refractivity contribution is -0.121. The van der Waals surface area contributed by atoms with Crippen LogP contribution in [-0.4, -0.2) is 50.9 Å². The molecule has 2 aromatic carbocycles. The lowest BCUT2D eigenvalue weighted by Gasteiger charge is -2.18. The van der Waals surface area contributed by atoms with Crippen LogP contribution in [0.25, 0.3) is 0 Å². The molecule has 0 aliphatic rings. The predicted molar refractivity (Wildman–Crippen MR) is 121 cm³/mol. The number of nitrogens with zero attached hydrogens (tertiary/aromatic N) is 2. The van der Waals surface area contributed by atoms with Crippen LogP contribution in [0, 0.1) is 0 Å². The van der Waals surface area contributed by atoms with Crippen LogP contribution in [0.2, 0.25) is 0 Å². The third-order valence-electron chi connectivity index (χ3n) is 4.12. The topological polar surface area (TPSA) is 97.3 Å². The SMILES string of the molecule is CCCOc1ccc(/C=N\NC(=O)CN(Cc2ccccc2)S(C)(=O)=O)cc1OCC. The van der Waals surface area contributed by atoms with Gasteiger partial charge >= 0.3 is 0 Å². The van der Waals surface area contributed by atoms with E-state index >= 15 is 0 Å². The van der Waals surface area contributed by atoms with E-state index in [1.54, 1.807) is 30.3 Å². The van der Waals surface area contributed by atoms with E-state index < -0.39 is 15.9 Å². The first-order valence-corrected chi connectivity index (χ1v) is 11.9. The minimum Gasteiger partial charge on any atom is -0.490 e. The summed E-state index contributed by atoms with van der Waals surface area (Å²) >= 11 is 0. The molecule has 0 bridgehead atoms. The van der Waals surface area contributed by atoms with Crippen LogP contribution in [0.1, 0.15) is 31.4 Å². The largest absolute Gasteiger partial charge is 0.490 e. The molecule has 1 N–H and O–H groups in total. The molecule has 2 aromatic rings. The van der Waals surface area contributed by atoms with Gasteiger partial charge in [-0.2, -0.15) is 9.41 Å². The summed E-state index contributed by atoms with van der Waals surface area (Å²) in [5.74, 6) is 0.706. The third-order valence-corrected chi connectivity index (χ3v) is 5.32. The van der Waals surface area contributed by atoms with Gasteiger partial charge in [0.05, 0.1) is 32.2 Å². The Morgan fingerprint density at radius 2 is 1.84 bits per heavy atom. The van der Waals surface area contributed by atoms with E-state index in [0.717, 1.165) is 22.5 Å². The van der Waals surface area contributed by atoms with Gasteiger partial charge in [0.1, 0.15) is 0 Å². The Morgan fingerprint density at radius 3 is 2.48 bits per heavy atom. The Labute approximate surface area is 183 Å². The maximum Gasteiger partial charge on any atom is 0.255 e. The van der Waals surface area contributed by atoms with Gasteiger partial charge in [0, 0.05) is 6.54 Å². The zero-order chi connectivity index (χ0) is 22.7. The maximum absolute atomic E-state index is 12.2. The van der Waals surface area contributed by atoms with E-state index in [9.17, 15) is 13.2 Å². The van der Waals surface area contributed by atoms with Crippen molar-refractivity contribution in [3.63, 3.8) is 0 Å². The molecule has 168 valence electrons. The van der Waals surface area contributed by atoms with Crippen molar-refractivity contribution in [2.45, 2.75) is 26.8 Å². The van der Waals surface area contributed by atoms with Crippen LogP contribution >= 0.6 is 0 Å². The number of benzene rings is 2. The fourth-order valence-electron chi connectivity index (χ4n) is 2.66. The van der Waals surface area contributed by atoms with E-state index in [1.165, 1.54) is 6.21 Å². The van der Waals surface area contributed by atoms with E-state index in [4.69, 9.17) is 9.47 Å². The van der Waals surface area contributed by atoms with Gasteiger partial charge in [-0.1, -0.05) is 37.3 Å². The highest BCUT2D eigenvalue weighted by Crippen LogP contribution is 2.28. The fraction of sp³-hybridized carbons (Fsp3) is 0.364. The molecule has 0 aromatic heterocycles. The zero-order valence-electron chi connectivity index (χ0n) is 18.1. The lowest BCUT2D eigenvalue weighted by atomic mass is 10.2. The van der Waals surface area contributed by atoms with Crippen molar-refractivity contribution >= 4 is 22.1 Å². The molecule has 0 heterocycles. The summed E-state index contributed by atoms with van der Waals surface area (Å²) in [6, 6.07) is 14.4. The second kappa shape index (κ2) is 12.1. The number of hydrazone groups is 1. The normalized spacial score (nSPS) is 11.6. The van der Waals surface area contributed by atoms with Gasteiger partial charge in [0.2, 0.25) is 10.0 Å². The highest BCUT2D eigenvalue weighted by atomic mass is 32.2. The standard InChI is InChI=1S/C22H29N3O5S/c1-4-13-30-20-12-11-19(14-21(20)29-5-2)15-23-24-22(26)17-25(31(3,27)28)16-18-9-7-6-8-10-18/h6-12,14-15H,4-5,13,16-17H2,1-3H3,(H,24,26)/b23-15-. The molecule has 0 radical (unpaired) electrons. The van der Waals surface area contributed by atoms with Gasteiger partial charge in [-0.05, 0) is 42.7 Å². The van der Waals surface area contributed by atoms with Crippen LogP contribution in [0.15, 0.2) is 53.6 Å². The van der Waals surface area contributed by atoms with Crippen molar-refractivity contribution in [1.29, 1.82) is 0 Å². The highest BCUT2D eigenvalue weighted by molar-refractivity contribution is 7.88. The van der Waals surface area contributed by atoms with Crippen LogP contribution in [0.4, 0.5) is 0 Å². The first-order valence-electron chi connectivity index (χ1n) is 10.0. The lowest BCUT2D eigenvalue weighted by Crippen LogP contribution is -2.38. The van der Waals surface area contributed by atoms with Gasteiger partial charge in [-0.3, -0.25) is 4.79 Å². The number of ether oxygens (including phenoxy) is 2. The van der Waals surface area contributed by atoms with Crippen molar-refractivity contribution in [2.24, 2.45) is 5.10 Å². The molecular formula is C22H29N3O5S. The Morgan fingerprint density at radius 1 is 1.10 bits per heavy atom. The quantitative estimate of drug-likeness (QED) is 0.399. The number of carbonyl (C=O) groups is 1. The highest BCUT2D eigenvalue weighted by Gasteiger charge is 2.20. The Hall–Kier alpha value is -2.91. The van der Waals surface area contributed by atoms with E-state index in [-0.39, 0.29) is 13.1 Å². The summed E-state index contributed by atoms with van der Waals surface area (Å²) in [5.41, 5.74) is 3.87. The molecule has 0 spiro atoms. The molecule has 0 saturated carbocycles. The molecular weight excluding hydrogens is 418 g/mol. The predicted octanol–water partition coefficient (Wildman–Crippen LogP) is 2.79. The van der Waals surface area contributed by atoms with E-state index in [0.29, 0.717) is 30.3 Å². The van der Waals surface area contributed by atoms with Crippen molar-refractivity contribution in [1.82, 2.24) is 9.73 Å². The smallest absolute Gasteiger partial charge is 0.255 e. The number of nitrogens with one attached hydrogen (secondary N) is 1. The summed E-state index contributed by atoms with van der Waals surface area (Å²) in [6.45, 7) is 4.75. The van der Waals surface area contributed by atoms with Crippen molar-refractivity contribution < 1.29 is 22.7 Å². The Bertz CT molecular complexity index is 978.